The normalized spacial score (nSPS) is 10.3. The number of nitrogens with two attached hydrogens (primary N) is 1. The molecule has 1 heterocycles. The molecule has 106 valence electrons. The van der Waals surface area contributed by atoms with Gasteiger partial charge in [-0.2, -0.15) is 0 Å². The number of aryl methyl sites for hydroxylation is 1. The van der Waals surface area contributed by atoms with E-state index in [0.29, 0.717) is 18.8 Å². The first-order valence-electron chi connectivity index (χ1n) is 6.48. The molecule has 0 spiro atoms. The molecule has 0 bridgehead atoms. The van der Waals surface area contributed by atoms with Crippen molar-refractivity contribution in [1.29, 1.82) is 0 Å². The van der Waals surface area contributed by atoms with Crippen molar-refractivity contribution >= 4 is 11.6 Å². The predicted octanol–water partition coefficient (Wildman–Crippen LogP) is 1.92. The average molecular weight is 273 g/mol. The van der Waals surface area contributed by atoms with Gasteiger partial charge in [-0.3, -0.25) is 4.79 Å². The molecule has 1 aromatic carbocycles. The van der Waals surface area contributed by atoms with E-state index < -0.39 is 0 Å². The maximum Gasteiger partial charge on any atom is 0.272 e. The number of rotatable bonds is 5. The van der Waals surface area contributed by atoms with Gasteiger partial charge in [-0.05, 0) is 43.3 Å². The van der Waals surface area contributed by atoms with Crippen LogP contribution in [0, 0.1) is 6.92 Å². The van der Waals surface area contributed by atoms with Gasteiger partial charge in [0, 0.05) is 25.0 Å². The van der Waals surface area contributed by atoms with Crippen LogP contribution in [0.4, 0.5) is 5.69 Å². The number of ether oxygens (including phenoxy) is 1. The number of amides is 1. The Morgan fingerprint density at radius 2 is 1.95 bits per heavy atom. The number of benzene rings is 1. The van der Waals surface area contributed by atoms with Gasteiger partial charge in [-0.15, -0.1) is 0 Å². The molecule has 0 fully saturated rings. The molecular formula is C15H19N3O2. The van der Waals surface area contributed by atoms with Crippen LogP contribution in [-0.4, -0.2) is 23.6 Å². The molecule has 0 saturated heterocycles. The van der Waals surface area contributed by atoms with E-state index in [9.17, 15) is 4.79 Å². The maximum atomic E-state index is 12.1. The van der Waals surface area contributed by atoms with Crippen molar-refractivity contribution in [1.82, 2.24) is 4.57 Å². The van der Waals surface area contributed by atoms with Gasteiger partial charge in [-0.25, -0.2) is 0 Å². The molecule has 0 aliphatic carbocycles. The maximum absolute atomic E-state index is 12.1. The Kier molecular flexibility index (Phi) is 4.42. The zero-order chi connectivity index (χ0) is 14.5. The number of aromatic nitrogens is 1. The summed E-state index contributed by atoms with van der Waals surface area (Å²) in [6.45, 7) is 2.92. The first kappa shape index (κ1) is 14.1. The summed E-state index contributed by atoms with van der Waals surface area (Å²) in [6.07, 6.45) is 0. The number of nitrogens with one attached hydrogen (secondary N) is 1. The predicted molar refractivity (Wildman–Crippen MR) is 79.1 cm³/mol. The summed E-state index contributed by atoms with van der Waals surface area (Å²) in [4.78, 5) is 12.1. The molecule has 0 aliphatic heterocycles. The van der Waals surface area contributed by atoms with Crippen molar-refractivity contribution in [2.24, 2.45) is 12.8 Å². The van der Waals surface area contributed by atoms with Gasteiger partial charge in [0.15, 0.2) is 0 Å². The molecule has 5 heteroatoms. The fraction of sp³-hybridized carbons (Fsp3) is 0.267. The first-order chi connectivity index (χ1) is 9.61. The summed E-state index contributed by atoms with van der Waals surface area (Å²) < 4.78 is 7.24. The van der Waals surface area contributed by atoms with Crippen LogP contribution < -0.4 is 15.8 Å². The van der Waals surface area contributed by atoms with Crippen LogP contribution in [0.3, 0.4) is 0 Å². The molecule has 0 aliphatic rings. The smallest absolute Gasteiger partial charge is 0.272 e. The number of anilines is 1. The van der Waals surface area contributed by atoms with E-state index in [2.05, 4.69) is 5.32 Å². The first-order valence-corrected chi connectivity index (χ1v) is 6.48. The molecule has 0 atom stereocenters. The van der Waals surface area contributed by atoms with Crippen molar-refractivity contribution < 1.29 is 9.53 Å². The number of carbonyl (C=O) groups excluding carboxylic acids is 1. The van der Waals surface area contributed by atoms with Gasteiger partial charge in [0.2, 0.25) is 0 Å². The lowest BCUT2D eigenvalue weighted by Crippen LogP contribution is -2.16. The average Bonchev–Trinajstić information content (AvgIpc) is 2.78. The minimum Gasteiger partial charge on any atom is -0.492 e. The summed E-state index contributed by atoms with van der Waals surface area (Å²) in [6, 6.07) is 10.9. The summed E-state index contributed by atoms with van der Waals surface area (Å²) in [5.41, 5.74) is 7.77. The molecule has 2 rings (SSSR count). The highest BCUT2D eigenvalue weighted by atomic mass is 16.5. The summed E-state index contributed by atoms with van der Waals surface area (Å²) >= 11 is 0. The Morgan fingerprint density at radius 3 is 2.50 bits per heavy atom. The van der Waals surface area contributed by atoms with Crippen LogP contribution >= 0.6 is 0 Å². The van der Waals surface area contributed by atoms with Crippen molar-refractivity contribution in [3.63, 3.8) is 0 Å². The summed E-state index contributed by atoms with van der Waals surface area (Å²) in [7, 11) is 1.87. The van der Waals surface area contributed by atoms with Crippen LogP contribution in [0.5, 0.6) is 5.75 Å². The highest BCUT2D eigenvalue weighted by Crippen LogP contribution is 2.16. The van der Waals surface area contributed by atoms with Gasteiger partial charge in [-0.1, -0.05) is 0 Å². The third-order valence-electron chi connectivity index (χ3n) is 3.10. The Balaban J connectivity index is 2.03. The van der Waals surface area contributed by atoms with E-state index in [1.807, 2.05) is 42.8 Å². The standard InChI is InChI=1S/C15H19N3O2/c1-11-3-8-14(18(11)2)15(19)17-12-4-6-13(7-5-12)20-10-9-16/h3-8H,9-10,16H2,1-2H3,(H,17,19). The Labute approximate surface area is 118 Å². The molecule has 0 radical (unpaired) electrons. The Hall–Kier alpha value is -2.27. The lowest BCUT2D eigenvalue weighted by Gasteiger charge is -2.08. The van der Waals surface area contributed by atoms with Crippen LogP contribution in [0.15, 0.2) is 36.4 Å². The quantitative estimate of drug-likeness (QED) is 0.874. The van der Waals surface area contributed by atoms with Gasteiger partial charge in [0.1, 0.15) is 18.1 Å². The largest absolute Gasteiger partial charge is 0.492 e. The van der Waals surface area contributed by atoms with Gasteiger partial charge < -0.3 is 20.4 Å². The topological polar surface area (TPSA) is 69.3 Å². The highest BCUT2D eigenvalue weighted by Gasteiger charge is 2.10. The van der Waals surface area contributed by atoms with Crippen LogP contribution in [0.1, 0.15) is 16.2 Å². The second kappa shape index (κ2) is 6.25. The number of carbonyl (C=O) groups is 1. The van der Waals surface area contributed by atoms with Crippen LogP contribution in [0.2, 0.25) is 0 Å². The Bertz CT molecular complexity index is 588. The van der Waals surface area contributed by atoms with E-state index >= 15 is 0 Å². The third-order valence-corrected chi connectivity index (χ3v) is 3.10. The van der Waals surface area contributed by atoms with Gasteiger partial charge >= 0.3 is 0 Å². The van der Waals surface area contributed by atoms with Crippen molar-refractivity contribution in [3.05, 3.63) is 47.8 Å². The lowest BCUT2D eigenvalue weighted by molar-refractivity contribution is 0.101. The molecule has 0 saturated carbocycles. The van der Waals surface area contributed by atoms with E-state index in [1.54, 1.807) is 12.1 Å². The fourth-order valence-electron chi connectivity index (χ4n) is 1.85. The summed E-state index contributed by atoms with van der Waals surface area (Å²) in [5, 5.41) is 2.86. The number of hydrogen-bond acceptors (Lipinski definition) is 3. The third kappa shape index (κ3) is 3.19. The fourth-order valence-corrected chi connectivity index (χ4v) is 1.85. The molecule has 1 amide bonds. The van der Waals surface area contributed by atoms with Gasteiger partial charge in [0.25, 0.3) is 5.91 Å². The van der Waals surface area contributed by atoms with Crippen molar-refractivity contribution in [2.75, 3.05) is 18.5 Å². The van der Waals surface area contributed by atoms with Crippen molar-refractivity contribution in [3.8, 4) is 5.75 Å². The van der Waals surface area contributed by atoms with E-state index in [4.69, 9.17) is 10.5 Å². The molecule has 1 aromatic heterocycles. The van der Waals surface area contributed by atoms with Crippen molar-refractivity contribution in [2.45, 2.75) is 6.92 Å². The summed E-state index contributed by atoms with van der Waals surface area (Å²) in [5.74, 6) is 0.611. The van der Waals surface area contributed by atoms with E-state index in [-0.39, 0.29) is 5.91 Å². The SMILES string of the molecule is Cc1ccc(C(=O)Nc2ccc(OCCN)cc2)n1C. The highest BCUT2D eigenvalue weighted by molar-refractivity contribution is 6.03. The second-order valence-corrected chi connectivity index (χ2v) is 4.53. The molecule has 3 N–H and O–H groups in total. The number of nitrogens with zero attached hydrogens (tertiary/aromatic N) is 1. The minimum absolute atomic E-state index is 0.128. The monoisotopic (exact) mass is 273 g/mol. The minimum atomic E-state index is -0.128. The van der Waals surface area contributed by atoms with E-state index in [0.717, 1.165) is 17.1 Å². The van der Waals surface area contributed by atoms with Gasteiger partial charge in [0.05, 0.1) is 0 Å². The van der Waals surface area contributed by atoms with Crippen LogP contribution in [-0.2, 0) is 7.05 Å². The molecule has 20 heavy (non-hydrogen) atoms. The molecule has 5 nitrogen and oxygen atoms in total. The Morgan fingerprint density at radius 1 is 1.25 bits per heavy atom. The molecule has 2 aromatic rings. The molecular weight excluding hydrogens is 254 g/mol. The second-order valence-electron chi connectivity index (χ2n) is 4.53. The van der Waals surface area contributed by atoms with E-state index in [1.165, 1.54) is 0 Å². The zero-order valence-electron chi connectivity index (χ0n) is 11.7. The molecule has 0 unspecified atom stereocenters. The zero-order valence-corrected chi connectivity index (χ0v) is 11.7. The lowest BCUT2D eigenvalue weighted by atomic mass is 10.3. The number of hydrogen-bond donors (Lipinski definition) is 2. The van der Waals surface area contributed by atoms with Crippen LogP contribution in [0.25, 0.3) is 0 Å².